The van der Waals surface area contributed by atoms with E-state index in [1.165, 1.54) is 5.01 Å². The van der Waals surface area contributed by atoms with Crippen molar-refractivity contribution in [2.45, 2.75) is 44.2 Å². The highest BCUT2D eigenvalue weighted by Crippen LogP contribution is 2.24. The standard InChI is InChI=1S/C19H23N3O4S/c23-17(16(27)12-13-6-2-1-3-7-13)20-14-8-4-10-21-11-5-9-15(19(25)26)22(21)18(14)24/h1-3,6-7,14-15H,4-5,8-12H2,(H,20,23)(H,25,26). The van der Waals surface area contributed by atoms with Gasteiger partial charge in [-0.2, -0.15) is 0 Å². The first-order valence-electron chi connectivity index (χ1n) is 9.15. The molecule has 2 saturated heterocycles. The lowest BCUT2D eigenvalue weighted by atomic mass is 10.1. The number of hydrazine groups is 1. The molecule has 27 heavy (non-hydrogen) atoms. The summed E-state index contributed by atoms with van der Waals surface area (Å²) in [5.74, 6) is -1.82. The van der Waals surface area contributed by atoms with Gasteiger partial charge in [-0.3, -0.25) is 14.6 Å². The largest absolute Gasteiger partial charge is 0.480 e. The van der Waals surface area contributed by atoms with Crippen LogP contribution in [0.15, 0.2) is 30.3 Å². The number of hydrogen-bond donors (Lipinski definition) is 2. The Hall–Kier alpha value is -2.32. The van der Waals surface area contributed by atoms with Gasteiger partial charge in [0.15, 0.2) is 0 Å². The number of carboxylic acid groups (broad SMARTS) is 1. The van der Waals surface area contributed by atoms with E-state index in [1.807, 2.05) is 30.3 Å². The number of nitrogens with zero attached hydrogens (tertiary/aromatic N) is 2. The zero-order valence-corrected chi connectivity index (χ0v) is 15.8. The molecular formula is C19H23N3O4S. The number of carboxylic acids is 1. The normalized spacial score (nSPS) is 23.3. The topological polar surface area (TPSA) is 89.9 Å². The Balaban J connectivity index is 1.68. The molecule has 0 radical (unpaired) electrons. The number of hydrogen-bond acceptors (Lipinski definition) is 5. The van der Waals surface area contributed by atoms with Crippen LogP contribution in [0, 0.1) is 0 Å². The number of carbonyl (C=O) groups is 3. The summed E-state index contributed by atoms with van der Waals surface area (Å²) in [6, 6.07) is 7.79. The second-order valence-corrected chi connectivity index (χ2v) is 7.38. The highest BCUT2D eigenvalue weighted by molar-refractivity contribution is 7.82. The summed E-state index contributed by atoms with van der Waals surface area (Å²) < 4.78 is 0. The van der Waals surface area contributed by atoms with Gasteiger partial charge in [-0.25, -0.2) is 9.80 Å². The van der Waals surface area contributed by atoms with Crippen LogP contribution in [0.3, 0.4) is 0 Å². The predicted molar refractivity (Wildman–Crippen MR) is 103 cm³/mol. The van der Waals surface area contributed by atoms with Crippen molar-refractivity contribution >= 4 is 34.9 Å². The quantitative estimate of drug-likeness (QED) is 0.735. The highest BCUT2D eigenvalue weighted by Gasteiger charge is 2.42. The minimum Gasteiger partial charge on any atom is -0.480 e. The molecule has 2 unspecified atom stereocenters. The summed E-state index contributed by atoms with van der Waals surface area (Å²) in [6.07, 6.45) is 2.66. The van der Waals surface area contributed by atoms with Gasteiger partial charge in [0.1, 0.15) is 12.1 Å². The molecule has 2 heterocycles. The summed E-state index contributed by atoms with van der Waals surface area (Å²) in [5, 5.41) is 15.4. The number of aliphatic carboxylic acids is 1. The Bertz CT molecular complexity index is 740. The number of carbonyl (C=O) groups excluding carboxylic acids is 2. The van der Waals surface area contributed by atoms with Crippen LogP contribution >= 0.6 is 12.2 Å². The Labute approximate surface area is 163 Å². The van der Waals surface area contributed by atoms with E-state index in [-0.39, 0.29) is 10.8 Å². The Morgan fingerprint density at radius 3 is 2.48 bits per heavy atom. The third-order valence-corrected chi connectivity index (χ3v) is 5.31. The number of thiocarbonyl (C=S) groups is 1. The molecule has 1 aromatic rings. The van der Waals surface area contributed by atoms with Crippen LogP contribution in [0.4, 0.5) is 0 Å². The third kappa shape index (κ3) is 4.51. The van der Waals surface area contributed by atoms with Crippen molar-refractivity contribution in [3.63, 3.8) is 0 Å². The Morgan fingerprint density at radius 2 is 1.81 bits per heavy atom. The second kappa shape index (κ2) is 8.58. The molecule has 2 atom stereocenters. The lowest BCUT2D eigenvalue weighted by Gasteiger charge is -2.42. The van der Waals surface area contributed by atoms with Gasteiger partial charge in [0.2, 0.25) is 0 Å². The van der Waals surface area contributed by atoms with Crippen molar-refractivity contribution in [3.8, 4) is 0 Å². The summed E-state index contributed by atoms with van der Waals surface area (Å²) >= 11 is 5.24. The Morgan fingerprint density at radius 1 is 1.15 bits per heavy atom. The molecule has 0 saturated carbocycles. The average Bonchev–Trinajstić information content (AvgIpc) is 2.81. The van der Waals surface area contributed by atoms with Crippen LogP contribution in [0.5, 0.6) is 0 Å². The molecule has 2 N–H and O–H groups in total. The molecule has 7 nitrogen and oxygen atoms in total. The average molecular weight is 389 g/mol. The second-order valence-electron chi connectivity index (χ2n) is 6.89. The molecule has 1 aromatic carbocycles. The van der Waals surface area contributed by atoms with Crippen molar-refractivity contribution in [2.75, 3.05) is 13.1 Å². The van der Waals surface area contributed by atoms with Crippen LogP contribution in [-0.2, 0) is 20.8 Å². The molecule has 2 amide bonds. The summed E-state index contributed by atoms with van der Waals surface area (Å²) in [7, 11) is 0. The summed E-state index contributed by atoms with van der Waals surface area (Å²) in [6.45, 7) is 1.26. The van der Waals surface area contributed by atoms with E-state index < -0.39 is 24.0 Å². The van der Waals surface area contributed by atoms with Crippen molar-refractivity contribution in [3.05, 3.63) is 35.9 Å². The van der Waals surface area contributed by atoms with Crippen LogP contribution in [-0.4, -0.2) is 62.9 Å². The maximum absolute atomic E-state index is 13.0. The van der Waals surface area contributed by atoms with Gasteiger partial charge in [0.05, 0.1) is 4.86 Å². The molecule has 0 aromatic heterocycles. The van der Waals surface area contributed by atoms with Crippen molar-refractivity contribution in [2.24, 2.45) is 0 Å². The molecule has 2 fully saturated rings. The van der Waals surface area contributed by atoms with Gasteiger partial charge in [0, 0.05) is 19.5 Å². The monoisotopic (exact) mass is 389 g/mol. The summed E-state index contributed by atoms with van der Waals surface area (Å²) in [5.41, 5.74) is 0.929. The van der Waals surface area contributed by atoms with E-state index in [0.717, 1.165) is 12.0 Å². The molecular weight excluding hydrogens is 366 g/mol. The Kier molecular flexibility index (Phi) is 6.18. The van der Waals surface area contributed by atoms with E-state index in [2.05, 4.69) is 5.32 Å². The zero-order valence-electron chi connectivity index (χ0n) is 15.0. The van der Waals surface area contributed by atoms with Gasteiger partial charge in [-0.1, -0.05) is 42.5 Å². The predicted octanol–water partition coefficient (Wildman–Crippen LogP) is 1.17. The molecule has 144 valence electrons. The summed E-state index contributed by atoms with van der Waals surface area (Å²) in [4.78, 5) is 37.3. The van der Waals surface area contributed by atoms with Gasteiger partial charge < -0.3 is 10.4 Å². The SMILES string of the molecule is O=C(NC1CCCN2CCCC(C(=O)O)N2C1=O)C(=S)Cc1ccccc1. The first-order valence-corrected chi connectivity index (χ1v) is 9.56. The smallest absolute Gasteiger partial charge is 0.328 e. The molecule has 0 aliphatic carbocycles. The van der Waals surface area contributed by atoms with Crippen LogP contribution < -0.4 is 5.32 Å². The van der Waals surface area contributed by atoms with Crippen LogP contribution in [0.25, 0.3) is 0 Å². The van der Waals surface area contributed by atoms with Crippen molar-refractivity contribution in [1.29, 1.82) is 0 Å². The van der Waals surface area contributed by atoms with E-state index in [9.17, 15) is 19.5 Å². The van der Waals surface area contributed by atoms with E-state index in [0.29, 0.717) is 38.8 Å². The lowest BCUT2D eigenvalue weighted by Crippen LogP contribution is -2.61. The van der Waals surface area contributed by atoms with Gasteiger partial charge in [0.25, 0.3) is 11.8 Å². The van der Waals surface area contributed by atoms with Gasteiger partial charge in [-0.15, -0.1) is 0 Å². The molecule has 2 aliphatic heterocycles. The first-order chi connectivity index (χ1) is 13.0. The number of nitrogens with one attached hydrogen (secondary N) is 1. The number of amides is 2. The van der Waals surface area contributed by atoms with E-state index in [1.54, 1.807) is 5.01 Å². The molecule has 3 rings (SSSR count). The maximum Gasteiger partial charge on any atom is 0.328 e. The molecule has 8 heteroatoms. The zero-order chi connectivity index (χ0) is 19.4. The van der Waals surface area contributed by atoms with Crippen molar-refractivity contribution in [1.82, 2.24) is 15.3 Å². The van der Waals surface area contributed by atoms with Crippen LogP contribution in [0.1, 0.15) is 31.2 Å². The fourth-order valence-electron chi connectivity index (χ4n) is 3.63. The van der Waals surface area contributed by atoms with Crippen LogP contribution in [0.2, 0.25) is 0 Å². The number of benzene rings is 1. The molecule has 0 spiro atoms. The van der Waals surface area contributed by atoms with E-state index >= 15 is 0 Å². The maximum atomic E-state index is 13.0. The van der Waals surface area contributed by atoms with Gasteiger partial charge in [-0.05, 0) is 31.2 Å². The minimum atomic E-state index is -1.01. The first kappa shape index (κ1) is 19.4. The number of fused-ring (bicyclic) bond motifs is 1. The fourth-order valence-corrected chi connectivity index (χ4v) is 3.86. The number of rotatable bonds is 5. The molecule has 0 bridgehead atoms. The third-order valence-electron chi connectivity index (χ3n) is 4.98. The molecule has 2 aliphatic rings. The highest BCUT2D eigenvalue weighted by atomic mass is 32.1. The van der Waals surface area contributed by atoms with Crippen molar-refractivity contribution < 1.29 is 19.5 Å². The van der Waals surface area contributed by atoms with Gasteiger partial charge >= 0.3 is 5.97 Å². The fraction of sp³-hybridized carbons (Fsp3) is 0.474. The van der Waals surface area contributed by atoms with E-state index in [4.69, 9.17) is 12.2 Å². The minimum absolute atomic E-state index is 0.212. The lowest BCUT2D eigenvalue weighted by molar-refractivity contribution is -0.174.